The number of aromatic nitrogens is 2. The van der Waals surface area contributed by atoms with Gasteiger partial charge in [-0.2, -0.15) is 5.10 Å². The zero-order valence-corrected chi connectivity index (χ0v) is 17.1. The summed E-state index contributed by atoms with van der Waals surface area (Å²) >= 11 is 0. The molecule has 2 aromatic carbocycles. The van der Waals surface area contributed by atoms with Crippen LogP contribution in [0.5, 0.6) is 0 Å². The van der Waals surface area contributed by atoms with Gasteiger partial charge in [0.05, 0.1) is 25.1 Å². The molecule has 1 fully saturated rings. The Morgan fingerprint density at radius 2 is 1.61 bits per heavy atom. The number of benzene rings is 2. The Labute approximate surface area is 177 Å². The van der Waals surface area contributed by atoms with Crippen LogP contribution in [0.1, 0.15) is 0 Å². The van der Waals surface area contributed by atoms with Crippen molar-refractivity contribution in [2.75, 3.05) is 41.2 Å². The summed E-state index contributed by atoms with van der Waals surface area (Å²) in [4.78, 5) is 1.12. The minimum atomic E-state index is -4.42. The third kappa shape index (κ3) is 4.89. The summed E-state index contributed by atoms with van der Waals surface area (Å²) in [5, 5.41) is 11.2. The molecule has 2 N–H and O–H groups in total. The van der Waals surface area contributed by atoms with E-state index in [-0.39, 0.29) is 5.69 Å². The van der Waals surface area contributed by atoms with Gasteiger partial charge in [0, 0.05) is 30.5 Å². The number of morpholine rings is 1. The van der Waals surface area contributed by atoms with Crippen LogP contribution in [-0.2, 0) is 14.8 Å². The predicted octanol–water partition coefficient (Wildman–Crippen LogP) is 3.14. The van der Waals surface area contributed by atoms with Gasteiger partial charge >= 0.3 is 0 Å². The molecule has 0 spiro atoms. The Balaban J connectivity index is 1.46. The van der Waals surface area contributed by atoms with Crippen LogP contribution in [0.25, 0.3) is 0 Å². The highest BCUT2D eigenvalue weighted by molar-refractivity contribution is 7.92. The van der Waals surface area contributed by atoms with E-state index in [1.54, 1.807) is 18.3 Å². The maximum Gasteiger partial charge on any atom is 0.267 e. The number of ether oxygens (including phenoxy) is 1. The highest BCUT2D eigenvalue weighted by Crippen LogP contribution is 2.24. The standard InChI is InChI=1S/C20H19F2N5O3S/c21-17-2-1-3-18(22)20(17)31(28,29)26-15-6-4-14(5-7-15)24-19-12-16(13-23-25-19)27-8-10-30-11-9-27/h1-7,12-13,26H,8-11H2,(H,24,25). The van der Waals surface area contributed by atoms with E-state index in [1.807, 2.05) is 6.07 Å². The van der Waals surface area contributed by atoms with Gasteiger partial charge in [0.1, 0.15) is 11.6 Å². The van der Waals surface area contributed by atoms with E-state index in [0.29, 0.717) is 24.7 Å². The maximum absolute atomic E-state index is 13.8. The molecule has 0 radical (unpaired) electrons. The molecule has 4 rings (SSSR count). The van der Waals surface area contributed by atoms with Crippen molar-refractivity contribution in [3.63, 3.8) is 0 Å². The number of halogens is 2. The summed E-state index contributed by atoms with van der Waals surface area (Å²) < 4.78 is 59.9. The normalized spacial score (nSPS) is 14.3. The number of hydrogen-bond donors (Lipinski definition) is 2. The third-order valence-corrected chi connectivity index (χ3v) is 6.05. The lowest BCUT2D eigenvalue weighted by molar-refractivity contribution is 0.122. The van der Waals surface area contributed by atoms with Gasteiger partial charge in [-0.25, -0.2) is 17.2 Å². The fraction of sp³-hybridized carbons (Fsp3) is 0.200. The molecule has 11 heteroatoms. The zero-order valence-electron chi connectivity index (χ0n) is 16.3. The van der Waals surface area contributed by atoms with Gasteiger partial charge in [0.2, 0.25) is 0 Å². The van der Waals surface area contributed by atoms with Crippen LogP contribution >= 0.6 is 0 Å². The fourth-order valence-corrected chi connectivity index (χ4v) is 4.32. The van der Waals surface area contributed by atoms with Crippen LogP contribution in [0.4, 0.5) is 31.7 Å². The molecule has 1 saturated heterocycles. The van der Waals surface area contributed by atoms with Crippen molar-refractivity contribution in [2.24, 2.45) is 0 Å². The molecule has 2 heterocycles. The first kappa shape index (κ1) is 20.9. The van der Waals surface area contributed by atoms with Gasteiger partial charge in [0.25, 0.3) is 10.0 Å². The second-order valence-electron chi connectivity index (χ2n) is 6.76. The van der Waals surface area contributed by atoms with E-state index < -0.39 is 26.6 Å². The van der Waals surface area contributed by atoms with Gasteiger partial charge in [-0.15, -0.1) is 5.10 Å². The van der Waals surface area contributed by atoms with Gasteiger partial charge in [-0.1, -0.05) is 6.07 Å². The SMILES string of the molecule is O=S(=O)(Nc1ccc(Nc2cc(N3CCOCC3)cnn2)cc1)c1c(F)cccc1F. The molecule has 1 aromatic heterocycles. The minimum absolute atomic E-state index is 0.154. The first-order valence-electron chi connectivity index (χ1n) is 9.42. The number of nitrogens with zero attached hydrogens (tertiary/aromatic N) is 3. The topological polar surface area (TPSA) is 96.5 Å². The van der Waals surface area contributed by atoms with Gasteiger partial charge < -0.3 is 15.0 Å². The van der Waals surface area contributed by atoms with E-state index in [1.165, 1.54) is 12.1 Å². The smallest absolute Gasteiger partial charge is 0.267 e. The molecule has 0 bridgehead atoms. The molecule has 3 aromatic rings. The lowest BCUT2D eigenvalue weighted by Gasteiger charge is -2.28. The highest BCUT2D eigenvalue weighted by atomic mass is 32.2. The first-order chi connectivity index (χ1) is 14.9. The van der Waals surface area contributed by atoms with Crippen molar-refractivity contribution in [3.8, 4) is 0 Å². The first-order valence-corrected chi connectivity index (χ1v) is 10.9. The fourth-order valence-electron chi connectivity index (χ4n) is 3.13. The van der Waals surface area contributed by atoms with Crippen molar-refractivity contribution >= 4 is 32.9 Å². The predicted molar refractivity (Wildman–Crippen MR) is 112 cm³/mol. The molecular formula is C20H19F2N5O3S. The molecule has 0 atom stereocenters. The number of hydrogen-bond acceptors (Lipinski definition) is 7. The lowest BCUT2D eigenvalue weighted by atomic mass is 10.3. The van der Waals surface area contributed by atoms with Crippen LogP contribution in [0, 0.1) is 11.6 Å². The number of sulfonamides is 1. The molecular weight excluding hydrogens is 428 g/mol. The van der Waals surface area contributed by atoms with Crippen molar-refractivity contribution in [2.45, 2.75) is 4.90 Å². The van der Waals surface area contributed by atoms with Crippen molar-refractivity contribution < 1.29 is 21.9 Å². The monoisotopic (exact) mass is 447 g/mol. The summed E-state index contributed by atoms with van der Waals surface area (Å²) in [6.07, 6.45) is 1.68. The maximum atomic E-state index is 13.8. The van der Waals surface area contributed by atoms with Gasteiger partial charge in [0.15, 0.2) is 10.7 Å². The Morgan fingerprint density at radius 3 is 2.29 bits per heavy atom. The van der Waals surface area contributed by atoms with E-state index >= 15 is 0 Å². The Kier molecular flexibility index (Phi) is 5.96. The Bertz CT molecular complexity index is 1150. The molecule has 0 saturated carbocycles. The van der Waals surface area contributed by atoms with E-state index in [4.69, 9.17) is 4.74 Å². The second-order valence-corrected chi connectivity index (χ2v) is 8.38. The van der Waals surface area contributed by atoms with Crippen LogP contribution in [0.3, 0.4) is 0 Å². The summed E-state index contributed by atoms with van der Waals surface area (Å²) in [6, 6.07) is 10.9. The van der Waals surface area contributed by atoms with Crippen molar-refractivity contribution in [1.82, 2.24) is 10.2 Å². The molecule has 162 valence electrons. The van der Waals surface area contributed by atoms with Crippen LogP contribution in [0.15, 0.2) is 59.6 Å². The van der Waals surface area contributed by atoms with Crippen molar-refractivity contribution in [3.05, 3.63) is 66.4 Å². The average Bonchev–Trinajstić information content (AvgIpc) is 2.75. The molecule has 1 aliphatic rings. The van der Waals surface area contributed by atoms with Gasteiger partial charge in [-0.05, 0) is 36.4 Å². The summed E-state index contributed by atoms with van der Waals surface area (Å²) in [5.74, 6) is -1.81. The summed E-state index contributed by atoms with van der Waals surface area (Å²) in [7, 11) is -4.42. The van der Waals surface area contributed by atoms with Crippen LogP contribution < -0.4 is 14.9 Å². The van der Waals surface area contributed by atoms with Crippen molar-refractivity contribution in [1.29, 1.82) is 0 Å². The lowest BCUT2D eigenvalue weighted by Crippen LogP contribution is -2.36. The molecule has 8 nitrogen and oxygen atoms in total. The Morgan fingerprint density at radius 1 is 0.968 bits per heavy atom. The zero-order chi connectivity index (χ0) is 21.8. The highest BCUT2D eigenvalue weighted by Gasteiger charge is 2.23. The number of anilines is 4. The molecule has 31 heavy (non-hydrogen) atoms. The molecule has 0 aliphatic carbocycles. The number of nitrogens with one attached hydrogen (secondary N) is 2. The minimum Gasteiger partial charge on any atom is -0.378 e. The van der Waals surface area contributed by atoms with E-state index in [2.05, 4.69) is 25.1 Å². The number of rotatable bonds is 6. The van der Waals surface area contributed by atoms with E-state index in [9.17, 15) is 17.2 Å². The average molecular weight is 447 g/mol. The summed E-state index contributed by atoms with van der Waals surface area (Å²) in [6.45, 7) is 2.84. The molecule has 0 unspecified atom stereocenters. The molecule has 0 amide bonds. The molecule has 1 aliphatic heterocycles. The second kappa shape index (κ2) is 8.82. The van der Waals surface area contributed by atoms with E-state index in [0.717, 1.165) is 37.0 Å². The van der Waals surface area contributed by atoms with Crippen LogP contribution in [0.2, 0.25) is 0 Å². The van der Waals surface area contributed by atoms with Gasteiger partial charge in [-0.3, -0.25) is 4.72 Å². The Hall–Kier alpha value is -3.31. The quantitative estimate of drug-likeness (QED) is 0.599. The van der Waals surface area contributed by atoms with Crippen LogP contribution in [-0.4, -0.2) is 44.9 Å². The third-order valence-electron chi connectivity index (χ3n) is 4.61. The summed E-state index contributed by atoms with van der Waals surface area (Å²) in [5.41, 5.74) is 1.70. The largest absolute Gasteiger partial charge is 0.378 e.